The topological polar surface area (TPSA) is 45.4 Å². The number of nitriles is 1. The third-order valence-electron chi connectivity index (χ3n) is 2.75. The molecule has 0 aliphatic rings. The highest BCUT2D eigenvalue weighted by Crippen LogP contribution is 2.18. The van der Waals surface area contributed by atoms with E-state index in [1.165, 1.54) is 18.3 Å². The van der Waals surface area contributed by atoms with Crippen molar-refractivity contribution < 1.29 is 13.6 Å². The summed E-state index contributed by atoms with van der Waals surface area (Å²) < 4.78 is 24.7. The van der Waals surface area contributed by atoms with E-state index in [0.29, 0.717) is 11.1 Å². The van der Waals surface area contributed by atoms with Crippen LogP contribution in [0.25, 0.3) is 0 Å². The monoisotopic (exact) mass is 286 g/mol. The largest absolute Gasteiger partial charge is 0.391 e. The quantitative estimate of drug-likeness (QED) is 0.615. The summed E-state index contributed by atoms with van der Waals surface area (Å²) in [6.07, 6.45) is -1.02. The molecule has 0 fully saturated rings. The lowest BCUT2D eigenvalue weighted by atomic mass is 10.1. The van der Waals surface area contributed by atoms with Gasteiger partial charge in [0, 0.05) is 5.56 Å². The fourth-order valence-electron chi connectivity index (χ4n) is 1.67. The van der Waals surface area contributed by atoms with Gasteiger partial charge in [-0.05, 0) is 23.3 Å². The highest BCUT2D eigenvalue weighted by molar-refractivity contribution is 5.79. The Hall–Kier alpha value is -2.74. The van der Waals surface area contributed by atoms with Gasteiger partial charge in [0.25, 0.3) is 6.43 Å². The minimum absolute atomic E-state index is 0.0265. The van der Waals surface area contributed by atoms with Crippen molar-refractivity contribution in [2.45, 2.75) is 13.0 Å². The minimum atomic E-state index is -2.47. The SMILES string of the molecule is N#Cc1cccc(CON=Cc2ccc(C(F)F)cc2)c1. The second-order valence-corrected chi connectivity index (χ2v) is 4.29. The first kappa shape index (κ1) is 14.7. The molecule has 0 radical (unpaired) electrons. The maximum absolute atomic E-state index is 12.4. The van der Waals surface area contributed by atoms with Gasteiger partial charge in [0.05, 0.1) is 17.8 Å². The number of rotatable bonds is 5. The summed E-state index contributed by atoms with van der Waals surface area (Å²) in [5, 5.41) is 12.5. The Labute approximate surface area is 121 Å². The van der Waals surface area contributed by atoms with Crippen LogP contribution in [0, 0.1) is 11.3 Å². The molecule has 0 saturated carbocycles. The molecule has 0 saturated heterocycles. The van der Waals surface area contributed by atoms with Gasteiger partial charge in [0.1, 0.15) is 6.61 Å². The Kier molecular flexibility index (Phi) is 4.99. The normalized spacial score (nSPS) is 10.8. The van der Waals surface area contributed by atoms with Crippen molar-refractivity contribution in [1.82, 2.24) is 0 Å². The number of nitrogens with zero attached hydrogens (tertiary/aromatic N) is 2. The Morgan fingerprint density at radius 2 is 1.95 bits per heavy atom. The molecule has 3 nitrogen and oxygen atoms in total. The fourth-order valence-corrected chi connectivity index (χ4v) is 1.67. The molecule has 5 heteroatoms. The first-order valence-corrected chi connectivity index (χ1v) is 6.21. The van der Waals surface area contributed by atoms with E-state index in [9.17, 15) is 8.78 Å². The van der Waals surface area contributed by atoms with Crippen LogP contribution >= 0.6 is 0 Å². The summed E-state index contributed by atoms with van der Waals surface area (Å²) in [5.41, 5.74) is 2.04. The average molecular weight is 286 g/mol. The molecule has 2 aromatic carbocycles. The summed E-state index contributed by atoms with van der Waals surface area (Å²) in [6, 6.07) is 14.9. The van der Waals surface area contributed by atoms with E-state index in [4.69, 9.17) is 10.1 Å². The Morgan fingerprint density at radius 1 is 1.19 bits per heavy atom. The maximum Gasteiger partial charge on any atom is 0.263 e. The molecular weight excluding hydrogens is 274 g/mol. The molecule has 106 valence electrons. The van der Waals surface area contributed by atoms with Crippen LogP contribution in [0.15, 0.2) is 53.7 Å². The Balaban J connectivity index is 1.89. The van der Waals surface area contributed by atoms with Gasteiger partial charge < -0.3 is 4.84 Å². The molecule has 0 unspecified atom stereocenters. The third kappa shape index (κ3) is 4.39. The number of oxime groups is 1. The summed E-state index contributed by atoms with van der Waals surface area (Å²) >= 11 is 0. The number of halogens is 2. The van der Waals surface area contributed by atoms with E-state index in [1.807, 2.05) is 12.1 Å². The minimum Gasteiger partial charge on any atom is -0.391 e. The number of hydrogen-bond acceptors (Lipinski definition) is 3. The highest BCUT2D eigenvalue weighted by atomic mass is 19.3. The molecule has 2 aromatic rings. The zero-order valence-corrected chi connectivity index (χ0v) is 11.0. The first-order valence-electron chi connectivity index (χ1n) is 6.21. The van der Waals surface area contributed by atoms with Crippen LogP contribution in [0.5, 0.6) is 0 Å². The van der Waals surface area contributed by atoms with Crippen LogP contribution in [0.2, 0.25) is 0 Å². The molecule has 0 spiro atoms. The van der Waals surface area contributed by atoms with E-state index in [2.05, 4.69) is 5.16 Å². The van der Waals surface area contributed by atoms with Crippen molar-refractivity contribution >= 4 is 6.21 Å². The van der Waals surface area contributed by atoms with Crippen molar-refractivity contribution in [3.05, 3.63) is 70.8 Å². The second-order valence-electron chi connectivity index (χ2n) is 4.29. The molecule has 21 heavy (non-hydrogen) atoms. The Morgan fingerprint density at radius 3 is 2.62 bits per heavy atom. The maximum atomic E-state index is 12.4. The Bertz CT molecular complexity index is 661. The predicted molar refractivity (Wildman–Crippen MR) is 74.9 cm³/mol. The van der Waals surface area contributed by atoms with E-state index in [1.54, 1.807) is 30.3 Å². The van der Waals surface area contributed by atoms with Gasteiger partial charge in [-0.2, -0.15) is 5.26 Å². The van der Waals surface area contributed by atoms with E-state index < -0.39 is 6.43 Å². The second kappa shape index (κ2) is 7.15. The van der Waals surface area contributed by atoms with E-state index in [0.717, 1.165) is 5.56 Å². The van der Waals surface area contributed by atoms with Crippen molar-refractivity contribution in [2.75, 3.05) is 0 Å². The van der Waals surface area contributed by atoms with E-state index in [-0.39, 0.29) is 12.2 Å². The standard InChI is InChI=1S/C16H12F2N2O/c17-16(18)15-6-4-12(5-7-15)10-20-21-11-14-3-1-2-13(8-14)9-19/h1-8,10,16H,11H2. The van der Waals surface area contributed by atoms with Gasteiger partial charge in [-0.15, -0.1) is 0 Å². The fraction of sp³-hybridized carbons (Fsp3) is 0.125. The van der Waals surface area contributed by atoms with Crippen molar-refractivity contribution in [3.8, 4) is 6.07 Å². The van der Waals surface area contributed by atoms with Gasteiger partial charge in [0.15, 0.2) is 0 Å². The molecule has 0 bridgehead atoms. The molecule has 0 N–H and O–H groups in total. The summed E-state index contributed by atoms with van der Waals surface area (Å²) in [4.78, 5) is 5.11. The van der Waals surface area contributed by atoms with Crippen LogP contribution in [-0.2, 0) is 11.4 Å². The van der Waals surface area contributed by atoms with Crippen LogP contribution in [0.4, 0.5) is 8.78 Å². The molecule has 0 aromatic heterocycles. The summed E-state index contributed by atoms with van der Waals surface area (Å²) in [5.74, 6) is 0. The van der Waals surface area contributed by atoms with Crippen LogP contribution in [0.1, 0.15) is 28.7 Å². The highest BCUT2D eigenvalue weighted by Gasteiger charge is 2.04. The van der Waals surface area contributed by atoms with Crippen LogP contribution < -0.4 is 0 Å². The summed E-state index contributed by atoms with van der Waals surface area (Å²) in [6.45, 7) is 0.237. The van der Waals surface area contributed by atoms with Gasteiger partial charge in [-0.25, -0.2) is 8.78 Å². The van der Waals surface area contributed by atoms with E-state index >= 15 is 0 Å². The number of hydrogen-bond donors (Lipinski definition) is 0. The smallest absolute Gasteiger partial charge is 0.263 e. The van der Waals surface area contributed by atoms with Crippen molar-refractivity contribution in [2.24, 2.45) is 5.16 Å². The van der Waals surface area contributed by atoms with Crippen LogP contribution in [0.3, 0.4) is 0 Å². The lowest BCUT2D eigenvalue weighted by Gasteiger charge is -2.01. The van der Waals surface area contributed by atoms with Gasteiger partial charge in [-0.3, -0.25) is 0 Å². The van der Waals surface area contributed by atoms with Crippen molar-refractivity contribution in [1.29, 1.82) is 5.26 Å². The lowest BCUT2D eigenvalue weighted by Crippen LogP contribution is -1.90. The summed E-state index contributed by atoms with van der Waals surface area (Å²) in [7, 11) is 0. The lowest BCUT2D eigenvalue weighted by molar-refractivity contribution is 0.132. The zero-order valence-electron chi connectivity index (χ0n) is 11.0. The zero-order chi connectivity index (χ0) is 15.1. The molecule has 0 aliphatic carbocycles. The predicted octanol–water partition coefficient (Wildman–Crippen LogP) is 4.05. The first-order chi connectivity index (χ1) is 10.2. The molecule has 2 rings (SSSR count). The van der Waals surface area contributed by atoms with Gasteiger partial charge >= 0.3 is 0 Å². The van der Waals surface area contributed by atoms with Crippen LogP contribution in [-0.4, -0.2) is 6.21 Å². The third-order valence-corrected chi connectivity index (χ3v) is 2.75. The molecule has 0 atom stereocenters. The number of benzene rings is 2. The molecule has 0 aliphatic heterocycles. The average Bonchev–Trinajstić information content (AvgIpc) is 2.52. The molecule has 0 heterocycles. The molecule has 0 amide bonds. The number of alkyl halides is 2. The van der Waals surface area contributed by atoms with Gasteiger partial charge in [0.2, 0.25) is 0 Å². The van der Waals surface area contributed by atoms with Gasteiger partial charge in [-0.1, -0.05) is 41.6 Å². The van der Waals surface area contributed by atoms with Crippen molar-refractivity contribution in [3.63, 3.8) is 0 Å². The molecular formula is C16H12F2N2O.